The number of aromatic nitrogens is 3. The van der Waals surface area contributed by atoms with E-state index in [9.17, 15) is 0 Å². The fourth-order valence-corrected chi connectivity index (χ4v) is 3.19. The molecule has 3 aromatic rings. The van der Waals surface area contributed by atoms with Crippen molar-refractivity contribution in [2.45, 2.75) is 13.5 Å². The minimum absolute atomic E-state index is 0.578. The second-order valence-corrected chi connectivity index (χ2v) is 6.67. The topological polar surface area (TPSA) is 75.2 Å². The van der Waals surface area contributed by atoms with Gasteiger partial charge in [0.25, 0.3) is 0 Å². The van der Waals surface area contributed by atoms with Crippen LogP contribution >= 0.6 is 0 Å². The van der Waals surface area contributed by atoms with E-state index >= 15 is 0 Å². The lowest BCUT2D eigenvalue weighted by Gasteiger charge is -2.30. The van der Waals surface area contributed by atoms with Gasteiger partial charge in [0.1, 0.15) is 5.82 Å². The standard InChI is InChI=1S/C21H24N6O/c1-16-13-20(23-15-17-5-4-8-22-14-17)26-21(24-16)25-18-6-2-3-7-19(18)27-9-11-28-12-10-27/h2-8,13-14H,9-12,15H2,1H3,(H2,23,24,25,26). The molecule has 2 aromatic heterocycles. The average molecular weight is 376 g/mol. The molecule has 28 heavy (non-hydrogen) atoms. The maximum Gasteiger partial charge on any atom is 0.229 e. The van der Waals surface area contributed by atoms with Crippen LogP contribution in [-0.2, 0) is 11.3 Å². The van der Waals surface area contributed by atoms with Crippen LogP contribution in [-0.4, -0.2) is 41.3 Å². The predicted octanol–water partition coefficient (Wildman–Crippen LogP) is 3.37. The van der Waals surface area contributed by atoms with Crippen molar-refractivity contribution in [3.63, 3.8) is 0 Å². The second kappa shape index (κ2) is 8.67. The van der Waals surface area contributed by atoms with Gasteiger partial charge in [0.05, 0.1) is 24.6 Å². The second-order valence-electron chi connectivity index (χ2n) is 6.67. The smallest absolute Gasteiger partial charge is 0.229 e. The Morgan fingerprint density at radius 1 is 1.07 bits per heavy atom. The summed E-state index contributed by atoms with van der Waals surface area (Å²) >= 11 is 0. The highest BCUT2D eigenvalue weighted by atomic mass is 16.5. The molecule has 0 saturated carbocycles. The molecule has 4 rings (SSSR count). The molecule has 0 radical (unpaired) electrons. The van der Waals surface area contributed by atoms with E-state index in [-0.39, 0.29) is 0 Å². The monoisotopic (exact) mass is 376 g/mol. The molecule has 7 nitrogen and oxygen atoms in total. The SMILES string of the molecule is Cc1cc(NCc2cccnc2)nc(Nc2ccccc2N2CCOCC2)n1. The summed E-state index contributed by atoms with van der Waals surface area (Å²) in [5, 5.41) is 6.74. The number of rotatable bonds is 6. The molecule has 0 spiro atoms. The van der Waals surface area contributed by atoms with Gasteiger partial charge in [0, 0.05) is 43.8 Å². The lowest BCUT2D eigenvalue weighted by molar-refractivity contribution is 0.123. The third-order valence-corrected chi connectivity index (χ3v) is 4.55. The van der Waals surface area contributed by atoms with Gasteiger partial charge < -0.3 is 20.3 Å². The third-order valence-electron chi connectivity index (χ3n) is 4.55. The summed E-state index contributed by atoms with van der Waals surface area (Å²) in [6, 6.07) is 14.1. The summed E-state index contributed by atoms with van der Waals surface area (Å²) in [6.45, 7) is 5.88. The fraction of sp³-hybridized carbons (Fsp3) is 0.286. The van der Waals surface area contributed by atoms with Crippen molar-refractivity contribution >= 4 is 23.1 Å². The molecule has 0 unspecified atom stereocenters. The minimum Gasteiger partial charge on any atom is -0.378 e. The Morgan fingerprint density at radius 3 is 2.75 bits per heavy atom. The predicted molar refractivity (Wildman–Crippen MR) is 111 cm³/mol. The first-order valence-corrected chi connectivity index (χ1v) is 9.45. The van der Waals surface area contributed by atoms with Gasteiger partial charge in [-0.2, -0.15) is 4.98 Å². The summed E-state index contributed by atoms with van der Waals surface area (Å²) in [7, 11) is 0. The molecule has 0 aliphatic carbocycles. The molecule has 0 bridgehead atoms. The molecule has 1 aromatic carbocycles. The number of para-hydroxylation sites is 2. The number of hydrogen-bond acceptors (Lipinski definition) is 7. The molecule has 2 N–H and O–H groups in total. The molecule has 1 saturated heterocycles. The zero-order valence-electron chi connectivity index (χ0n) is 15.9. The maximum atomic E-state index is 5.47. The van der Waals surface area contributed by atoms with Gasteiger partial charge in [0.15, 0.2) is 0 Å². The van der Waals surface area contributed by atoms with Gasteiger partial charge in [-0.05, 0) is 30.7 Å². The van der Waals surface area contributed by atoms with Crippen LogP contribution in [0.4, 0.5) is 23.1 Å². The number of morpholine rings is 1. The van der Waals surface area contributed by atoms with Crippen molar-refractivity contribution in [3.05, 3.63) is 66.1 Å². The molecule has 0 amide bonds. The first kappa shape index (κ1) is 18.2. The van der Waals surface area contributed by atoms with Crippen LogP contribution < -0.4 is 15.5 Å². The van der Waals surface area contributed by atoms with E-state index in [0.29, 0.717) is 12.5 Å². The Bertz CT molecular complexity index is 912. The average Bonchev–Trinajstić information content (AvgIpc) is 2.74. The first-order chi connectivity index (χ1) is 13.8. The molecule has 0 atom stereocenters. The summed E-state index contributed by atoms with van der Waals surface area (Å²) in [4.78, 5) is 15.7. The van der Waals surface area contributed by atoms with E-state index in [1.165, 1.54) is 0 Å². The molecule has 1 aliphatic rings. The Morgan fingerprint density at radius 2 is 1.93 bits per heavy atom. The zero-order chi connectivity index (χ0) is 19.2. The number of anilines is 4. The Balaban J connectivity index is 1.51. The number of pyridine rings is 1. The van der Waals surface area contributed by atoms with Gasteiger partial charge >= 0.3 is 0 Å². The van der Waals surface area contributed by atoms with Crippen molar-refractivity contribution in [2.75, 3.05) is 41.8 Å². The third kappa shape index (κ3) is 4.55. The first-order valence-electron chi connectivity index (χ1n) is 9.45. The zero-order valence-corrected chi connectivity index (χ0v) is 15.9. The van der Waals surface area contributed by atoms with E-state index in [2.05, 4.69) is 42.6 Å². The van der Waals surface area contributed by atoms with Gasteiger partial charge in [-0.1, -0.05) is 18.2 Å². The van der Waals surface area contributed by atoms with Crippen LogP contribution in [0.2, 0.25) is 0 Å². The van der Waals surface area contributed by atoms with Crippen molar-refractivity contribution < 1.29 is 4.74 Å². The quantitative estimate of drug-likeness (QED) is 0.683. The number of aryl methyl sites for hydroxylation is 1. The molecular weight excluding hydrogens is 352 g/mol. The van der Waals surface area contributed by atoms with Gasteiger partial charge in [-0.25, -0.2) is 4.98 Å². The summed E-state index contributed by atoms with van der Waals surface area (Å²) in [5.74, 6) is 1.36. The van der Waals surface area contributed by atoms with E-state index in [0.717, 1.165) is 54.8 Å². The Kier molecular flexibility index (Phi) is 5.63. The number of ether oxygens (including phenoxy) is 1. The summed E-state index contributed by atoms with van der Waals surface area (Å²) < 4.78 is 5.47. The molecular formula is C21H24N6O. The van der Waals surface area contributed by atoms with Gasteiger partial charge in [0.2, 0.25) is 5.95 Å². The van der Waals surface area contributed by atoms with E-state index < -0.39 is 0 Å². The van der Waals surface area contributed by atoms with Gasteiger partial charge in [-0.3, -0.25) is 4.98 Å². The van der Waals surface area contributed by atoms with Crippen molar-refractivity contribution in [2.24, 2.45) is 0 Å². The van der Waals surface area contributed by atoms with Crippen molar-refractivity contribution in [1.82, 2.24) is 15.0 Å². The Labute approximate surface area is 164 Å². The van der Waals surface area contributed by atoms with Crippen LogP contribution in [0.1, 0.15) is 11.3 Å². The minimum atomic E-state index is 0.578. The maximum absolute atomic E-state index is 5.47. The normalized spacial score (nSPS) is 14.0. The largest absolute Gasteiger partial charge is 0.378 e. The van der Waals surface area contributed by atoms with E-state index in [1.54, 1.807) is 6.20 Å². The molecule has 144 valence electrons. The highest BCUT2D eigenvalue weighted by Crippen LogP contribution is 2.28. The van der Waals surface area contributed by atoms with Gasteiger partial charge in [-0.15, -0.1) is 0 Å². The van der Waals surface area contributed by atoms with Crippen LogP contribution in [0, 0.1) is 6.92 Å². The van der Waals surface area contributed by atoms with Crippen molar-refractivity contribution in [3.8, 4) is 0 Å². The molecule has 1 fully saturated rings. The van der Waals surface area contributed by atoms with E-state index in [4.69, 9.17) is 4.74 Å². The Hall–Kier alpha value is -3.19. The molecule has 3 heterocycles. The summed E-state index contributed by atoms with van der Waals surface area (Å²) in [6.07, 6.45) is 3.62. The number of nitrogens with zero attached hydrogens (tertiary/aromatic N) is 4. The number of benzene rings is 1. The molecule has 1 aliphatic heterocycles. The number of hydrogen-bond donors (Lipinski definition) is 2. The highest BCUT2D eigenvalue weighted by molar-refractivity contribution is 5.73. The van der Waals surface area contributed by atoms with Crippen LogP contribution in [0.3, 0.4) is 0 Å². The lowest BCUT2D eigenvalue weighted by Crippen LogP contribution is -2.36. The van der Waals surface area contributed by atoms with Crippen LogP contribution in [0.15, 0.2) is 54.9 Å². The summed E-state index contributed by atoms with van der Waals surface area (Å²) in [5.41, 5.74) is 4.13. The van der Waals surface area contributed by atoms with Crippen molar-refractivity contribution in [1.29, 1.82) is 0 Å². The lowest BCUT2D eigenvalue weighted by atomic mass is 10.2. The highest BCUT2D eigenvalue weighted by Gasteiger charge is 2.15. The fourth-order valence-electron chi connectivity index (χ4n) is 3.19. The van der Waals surface area contributed by atoms with E-state index in [1.807, 2.05) is 43.5 Å². The van der Waals surface area contributed by atoms with Crippen LogP contribution in [0.25, 0.3) is 0 Å². The molecule has 7 heteroatoms. The van der Waals surface area contributed by atoms with Crippen LogP contribution in [0.5, 0.6) is 0 Å². The number of nitrogens with one attached hydrogen (secondary N) is 2.